The third-order valence-electron chi connectivity index (χ3n) is 3.85. The minimum absolute atomic E-state index is 0.0864. The molecule has 0 spiro atoms. The van der Waals surface area contributed by atoms with Crippen LogP contribution in [0.3, 0.4) is 0 Å². The van der Waals surface area contributed by atoms with Gasteiger partial charge in [-0.25, -0.2) is 4.68 Å². The van der Waals surface area contributed by atoms with Gasteiger partial charge >= 0.3 is 0 Å². The van der Waals surface area contributed by atoms with Crippen LogP contribution in [0.5, 0.6) is 0 Å². The lowest BCUT2D eigenvalue weighted by Crippen LogP contribution is -2.29. The maximum atomic E-state index is 12.5. The first-order chi connectivity index (χ1) is 10.8. The van der Waals surface area contributed by atoms with E-state index in [4.69, 9.17) is 4.42 Å². The zero-order valence-corrected chi connectivity index (χ0v) is 11.7. The van der Waals surface area contributed by atoms with Crippen molar-refractivity contribution in [1.82, 2.24) is 30.1 Å². The molecule has 3 aromatic heterocycles. The van der Waals surface area contributed by atoms with Gasteiger partial charge in [0.25, 0.3) is 5.91 Å². The van der Waals surface area contributed by atoms with Gasteiger partial charge in [-0.15, -0.1) is 5.10 Å². The van der Waals surface area contributed by atoms with E-state index >= 15 is 0 Å². The fourth-order valence-corrected chi connectivity index (χ4v) is 2.71. The molecule has 22 heavy (non-hydrogen) atoms. The van der Waals surface area contributed by atoms with Crippen LogP contribution in [0.1, 0.15) is 23.0 Å². The van der Waals surface area contributed by atoms with Crippen molar-refractivity contribution in [3.63, 3.8) is 0 Å². The molecule has 8 heteroatoms. The molecule has 1 fully saturated rings. The largest absolute Gasteiger partial charge is 0.463 e. The number of aromatic nitrogens is 5. The molecule has 1 amide bonds. The highest BCUT2D eigenvalue weighted by Gasteiger charge is 2.29. The number of nitrogens with one attached hydrogen (secondary N) is 1. The number of hydrogen-bond acceptors (Lipinski definition) is 5. The normalized spacial score (nSPS) is 18.0. The second-order valence-corrected chi connectivity index (χ2v) is 5.22. The molecule has 0 radical (unpaired) electrons. The van der Waals surface area contributed by atoms with E-state index in [1.165, 1.54) is 0 Å². The highest BCUT2D eigenvalue weighted by atomic mass is 16.3. The summed E-state index contributed by atoms with van der Waals surface area (Å²) in [7, 11) is 0. The zero-order chi connectivity index (χ0) is 14.9. The second-order valence-electron chi connectivity index (χ2n) is 5.22. The first kappa shape index (κ1) is 12.8. The number of hydrogen-bond donors (Lipinski definition) is 1. The molecule has 0 bridgehead atoms. The molecule has 4 rings (SSSR count). The highest BCUT2D eigenvalue weighted by molar-refractivity contribution is 5.93. The van der Waals surface area contributed by atoms with Gasteiger partial charge in [0.05, 0.1) is 18.5 Å². The molecular formula is C14H14N6O2. The van der Waals surface area contributed by atoms with E-state index < -0.39 is 0 Å². The average Bonchev–Trinajstić information content (AvgIpc) is 3.35. The van der Waals surface area contributed by atoms with Crippen molar-refractivity contribution in [1.29, 1.82) is 0 Å². The highest BCUT2D eigenvalue weighted by Crippen LogP contribution is 2.23. The molecule has 0 aromatic carbocycles. The van der Waals surface area contributed by atoms with Crippen molar-refractivity contribution in [2.45, 2.75) is 12.5 Å². The third kappa shape index (κ3) is 2.18. The lowest BCUT2D eigenvalue weighted by molar-refractivity contribution is 0.0781. The van der Waals surface area contributed by atoms with E-state index in [9.17, 15) is 4.79 Å². The number of amides is 1. The number of carbonyl (C=O) groups is 1. The fraction of sp³-hybridized carbons (Fsp3) is 0.286. The molecule has 3 aromatic rings. The van der Waals surface area contributed by atoms with Crippen LogP contribution in [0, 0.1) is 0 Å². The Balaban J connectivity index is 1.49. The molecule has 4 heterocycles. The van der Waals surface area contributed by atoms with E-state index in [-0.39, 0.29) is 11.9 Å². The summed E-state index contributed by atoms with van der Waals surface area (Å²) < 4.78 is 7.09. The summed E-state index contributed by atoms with van der Waals surface area (Å²) in [6.07, 6.45) is 5.92. The summed E-state index contributed by atoms with van der Waals surface area (Å²) in [6.45, 7) is 1.30. The van der Waals surface area contributed by atoms with Crippen molar-refractivity contribution >= 4 is 5.91 Å². The van der Waals surface area contributed by atoms with Gasteiger partial charge in [0.2, 0.25) is 0 Å². The Morgan fingerprint density at radius 2 is 2.41 bits per heavy atom. The lowest BCUT2D eigenvalue weighted by Gasteiger charge is -2.14. The maximum absolute atomic E-state index is 12.5. The lowest BCUT2D eigenvalue weighted by atomic mass is 10.3. The summed E-state index contributed by atoms with van der Waals surface area (Å²) in [5.74, 6) is 0.574. The molecule has 1 saturated heterocycles. The monoisotopic (exact) mass is 298 g/mol. The minimum Gasteiger partial charge on any atom is -0.463 e. The molecular weight excluding hydrogens is 284 g/mol. The van der Waals surface area contributed by atoms with Crippen LogP contribution in [0.4, 0.5) is 0 Å². The van der Waals surface area contributed by atoms with Gasteiger partial charge < -0.3 is 9.32 Å². The molecule has 1 aliphatic rings. The van der Waals surface area contributed by atoms with Crippen molar-refractivity contribution in [2.24, 2.45) is 0 Å². The molecule has 0 saturated carbocycles. The van der Waals surface area contributed by atoms with Gasteiger partial charge in [0, 0.05) is 25.4 Å². The summed E-state index contributed by atoms with van der Waals surface area (Å²) in [4.78, 5) is 14.3. The van der Waals surface area contributed by atoms with E-state index in [2.05, 4.69) is 20.5 Å². The molecule has 1 N–H and O–H groups in total. The average molecular weight is 298 g/mol. The van der Waals surface area contributed by atoms with Crippen LogP contribution in [-0.4, -0.2) is 49.1 Å². The summed E-state index contributed by atoms with van der Waals surface area (Å²) in [5.41, 5.74) is 1.09. The molecule has 1 aliphatic heterocycles. The van der Waals surface area contributed by atoms with Gasteiger partial charge in [-0.1, -0.05) is 5.21 Å². The molecule has 112 valence electrons. The number of carbonyl (C=O) groups excluding carboxylic acids is 1. The number of H-pyrrole nitrogens is 1. The van der Waals surface area contributed by atoms with Crippen LogP contribution in [-0.2, 0) is 0 Å². The predicted molar refractivity (Wildman–Crippen MR) is 75.9 cm³/mol. The first-order valence-corrected chi connectivity index (χ1v) is 7.05. The van der Waals surface area contributed by atoms with Crippen LogP contribution >= 0.6 is 0 Å². The van der Waals surface area contributed by atoms with Crippen LogP contribution in [0.15, 0.2) is 41.3 Å². The van der Waals surface area contributed by atoms with E-state index in [0.717, 1.165) is 6.42 Å². The van der Waals surface area contributed by atoms with Crippen molar-refractivity contribution in [3.05, 3.63) is 42.5 Å². The molecule has 8 nitrogen and oxygen atoms in total. The Hall–Kier alpha value is -2.90. The van der Waals surface area contributed by atoms with Crippen molar-refractivity contribution < 1.29 is 9.21 Å². The Bertz CT molecular complexity index is 761. The van der Waals surface area contributed by atoms with Crippen LogP contribution in [0.25, 0.3) is 11.5 Å². The van der Waals surface area contributed by atoms with Gasteiger partial charge in [0.15, 0.2) is 11.5 Å². The Kier molecular flexibility index (Phi) is 2.99. The first-order valence-electron chi connectivity index (χ1n) is 7.05. The summed E-state index contributed by atoms with van der Waals surface area (Å²) >= 11 is 0. The van der Waals surface area contributed by atoms with Crippen LogP contribution in [0.2, 0.25) is 0 Å². The fourth-order valence-electron chi connectivity index (χ4n) is 2.71. The third-order valence-corrected chi connectivity index (χ3v) is 3.85. The van der Waals surface area contributed by atoms with Gasteiger partial charge in [-0.2, -0.15) is 5.10 Å². The SMILES string of the molecule is O=C(c1cc(-c2ccco2)[nH]n1)N1CC[C@H](n2ccnn2)C1. The number of rotatable bonds is 3. The number of furan rings is 1. The Labute approximate surface area is 125 Å². The number of likely N-dealkylation sites (tertiary alicyclic amines) is 1. The van der Waals surface area contributed by atoms with Gasteiger partial charge in [-0.05, 0) is 18.6 Å². The standard InChI is InChI=1S/C14H14N6O2/c21-14(12-8-11(16-17-12)13-2-1-7-22-13)19-5-3-10(9-19)20-6-4-15-18-20/h1-2,4,6-8,10H,3,5,9H2,(H,16,17)/t10-/m0/s1. The molecule has 1 atom stereocenters. The van der Waals surface area contributed by atoms with Gasteiger partial charge in [-0.3, -0.25) is 9.89 Å². The smallest absolute Gasteiger partial charge is 0.274 e. The number of aromatic amines is 1. The molecule has 0 unspecified atom stereocenters. The maximum Gasteiger partial charge on any atom is 0.274 e. The van der Waals surface area contributed by atoms with Crippen LogP contribution < -0.4 is 0 Å². The van der Waals surface area contributed by atoms with Crippen molar-refractivity contribution in [2.75, 3.05) is 13.1 Å². The second kappa shape index (κ2) is 5.14. The minimum atomic E-state index is -0.0864. The van der Waals surface area contributed by atoms with E-state index in [1.807, 2.05) is 12.3 Å². The zero-order valence-electron chi connectivity index (χ0n) is 11.7. The summed E-state index contributed by atoms with van der Waals surface area (Å²) in [5, 5.41) is 14.7. The predicted octanol–water partition coefficient (Wildman–Crippen LogP) is 1.35. The van der Waals surface area contributed by atoms with E-state index in [0.29, 0.717) is 30.2 Å². The Morgan fingerprint density at radius 3 is 3.18 bits per heavy atom. The quantitative estimate of drug-likeness (QED) is 0.787. The van der Waals surface area contributed by atoms with Crippen molar-refractivity contribution in [3.8, 4) is 11.5 Å². The van der Waals surface area contributed by atoms with E-state index in [1.54, 1.807) is 34.2 Å². The number of nitrogens with zero attached hydrogens (tertiary/aromatic N) is 5. The summed E-state index contributed by atoms with van der Waals surface area (Å²) in [6, 6.07) is 5.50. The Morgan fingerprint density at radius 1 is 1.45 bits per heavy atom. The topological polar surface area (TPSA) is 92.8 Å². The molecule has 0 aliphatic carbocycles. The van der Waals surface area contributed by atoms with Gasteiger partial charge in [0.1, 0.15) is 5.69 Å².